The van der Waals surface area contributed by atoms with E-state index in [1.54, 1.807) is 22.9 Å². The summed E-state index contributed by atoms with van der Waals surface area (Å²) in [5, 5.41) is 2.78. The number of ether oxygens (including phenoxy) is 2. The van der Waals surface area contributed by atoms with Crippen LogP contribution in [0.5, 0.6) is 0 Å². The third-order valence-corrected chi connectivity index (χ3v) is 9.41. The quantitative estimate of drug-likeness (QED) is 0.139. The number of allylic oxidation sites excluding steroid dienone is 1. The van der Waals surface area contributed by atoms with E-state index in [0.29, 0.717) is 36.6 Å². The molecule has 1 unspecified atom stereocenters. The zero-order valence-corrected chi connectivity index (χ0v) is 26.8. The molecule has 2 aliphatic rings. The monoisotopic (exact) mass is 631 g/mol. The second kappa shape index (κ2) is 14.3. The van der Waals surface area contributed by atoms with E-state index in [1.807, 2.05) is 93.7 Å². The van der Waals surface area contributed by atoms with Crippen LogP contribution < -0.4 is 5.32 Å². The molecule has 3 aromatic rings. The van der Waals surface area contributed by atoms with Crippen LogP contribution in [0.2, 0.25) is 0 Å². The number of nitrogens with one attached hydrogen (secondary N) is 1. The van der Waals surface area contributed by atoms with E-state index in [-0.39, 0.29) is 11.9 Å². The highest BCUT2D eigenvalue weighted by atomic mass is 32.2. The van der Waals surface area contributed by atoms with Crippen molar-refractivity contribution in [2.75, 3.05) is 12.3 Å². The van der Waals surface area contributed by atoms with Gasteiger partial charge in [-0.05, 0) is 56.4 Å². The SMILES string of the molecule is CC(C)(C)OC(=O)NCCSCc1cnccc1SC1=C(C(=O)OC(c2ccccc2)c2ccccc2)N2C(=O)CC2CC1. The third kappa shape index (κ3) is 8.04. The van der Waals surface area contributed by atoms with E-state index in [9.17, 15) is 14.4 Å². The summed E-state index contributed by atoms with van der Waals surface area (Å²) in [7, 11) is 0. The molecule has 2 aliphatic heterocycles. The van der Waals surface area contributed by atoms with Crippen molar-refractivity contribution in [3.05, 3.63) is 106 Å². The number of carbonyl (C=O) groups excluding carboxylic acids is 3. The van der Waals surface area contributed by atoms with E-state index in [0.717, 1.165) is 32.9 Å². The van der Waals surface area contributed by atoms with Crippen molar-refractivity contribution in [2.45, 2.75) is 68.4 Å². The Balaban J connectivity index is 1.33. The van der Waals surface area contributed by atoms with E-state index in [4.69, 9.17) is 9.47 Å². The molecule has 3 heterocycles. The fourth-order valence-electron chi connectivity index (χ4n) is 5.11. The molecule has 44 heavy (non-hydrogen) atoms. The summed E-state index contributed by atoms with van der Waals surface area (Å²) in [6, 6.07) is 21.3. The summed E-state index contributed by atoms with van der Waals surface area (Å²) in [5.74, 6) is 0.817. The molecule has 8 nitrogen and oxygen atoms in total. The molecule has 1 saturated heterocycles. The van der Waals surface area contributed by atoms with Gasteiger partial charge in [0.05, 0.1) is 0 Å². The van der Waals surface area contributed by atoms with Gasteiger partial charge in [-0.2, -0.15) is 11.8 Å². The molecule has 1 N–H and O–H groups in total. The topological polar surface area (TPSA) is 97.8 Å². The molecule has 1 atom stereocenters. The predicted molar refractivity (Wildman–Crippen MR) is 173 cm³/mol. The number of hydrogen-bond acceptors (Lipinski definition) is 8. The normalized spacial score (nSPS) is 16.3. The summed E-state index contributed by atoms with van der Waals surface area (Å²) < 4.78 is 11.5. The second-order valence-corrected chi connectivity index (χ2v) is 13.8. The van der Waals surface area contributed by atoms with Gasteiger partial charge in [0.2, 0.25) is 5.91 Å². The minimum atomic E-state index is -0.609. The molecule has 0 bridgehead atoms. The molecule has 0 saturated carbocycles. The van der Waals surface area contributed by atoms with Crippen LogP contribution in [-0.4, -0.2) is 51.8 Å². The maximum atomic E-state index is 14.0. The highest BCUT2D eigenvalue weighted by molar-refractivity contribution is 8.03. The molecule has 1 fully saturated rings. The smallest absolute Gasteiger partial charge is 0.407 e. The molecular weight excluding hydrogens is 595 g/mol. The van der Waals surface area contributed by atoms with E-state index < -0.39 is 23.8 Å². The van der Waals surface area contributed by atoms with Crippen molar-refractivity contribution in [1.29, 1.82) is 0 Å². The zero-order chi connectivity index (χ0) is 31.1. The summed E-state index contributed by atoms with van der Waals surface area (Å²) in [5.41, 5.74) is 2.54. The molecular formula is C34H37N3O5S2. The number of pyridine rings is 1. The maximum absolute atomic E-state index is 14.0. The number of alkyl carbamates (subject to hydrolysis) is 1. The molecule has 0 radical (unpaired) electrons. The summed E-state index contributed by atoms with van der Waals surface area (Å²) >= 11 is 3.17. The first-order chi connectivity index (χ1) is 21.2. The van der Waals surface area contributed by atoms with Crippen molar-refractivity contribution in [2.24, 2.45) is 0 Å². The van der Waals surface area contributed by atoms with Crippen LogP contribution >= 0.6 is 23.5 Å². The number of benzene rings is 2. The molecule has 0 aliphatic carbocycles. The molecule has 5 rings (SSSR count). The number of hydrogen-bond donors (Lipinski definition) is 1. The van der Waals surface area contributed by atoms with Crippen LogP contribution in [0.1, 0.15) is 62.8 Å². The first kappa shape index (κ1) is 31.7. The molecule has 0 spiro atoms. The Kier molecular flexibility index (Phi) is 10.3. The maximum Gasteiger partial charge on any atom is 0.407 e. The number of nitrogens with zero attached hydrogens (tertiary/aromatic N) is 2. The Hall–Kier alpha value is -3.76. The zero-order valence-electron chi connectivity index (χ0n) is 25.2. The lowest BCUT2D eigenvalue weighted by Crippen LogP contribution is -2.55. The van der Waals surface area contributed by atoms with E-state index in [1.165, 1.54) is 11.8 Å². The number of fused-ring (bicyclic) bond motifs is 1. The Bertz CT molecular complexity index is 1470. The standard InChI is InChI=1S/C34H37N3O5S2/c1-34(2,3)42-33(40)36-18-19-43-22-25-21-35-17-16-27(25)44-28-15-14-26-20-29(38)37(26)30(28)32(39)41-31(23-10-6-4-7-11-23)24-12-8-5-9-13-24/h4-13,16-17,21,26,31H,14-15,18-20,22H2,1-3H3,(H,36,40). The molecule has 2 amide bonds. The number of β-lactam (4-membered cyclic amide) rings is 1. The number of aromatic nitrogens is 1. The van der Waals surface area contributed by atoms with Crippen LogP contribution in [0, 0.1) is 0 Å². The predicted octanol–water partition coefficient (Wildman–Crippen LogP) is 6.87. The van der Waals surface area contributed by atoms with Crippen LogP contribution in [-0.2, 0) is 24.8 Å². The van der Waals surface area contributed by atoms with E-state index >= 15 is 0 Å². The average Bonchev–Trinajstić information content (AvgIpc) is 3.00. The fourth-order valence-corrected chi connectivity index (χ4v) is 7.19. The minimum Gasteiger partial charge on any atom is -0.448 e. The lowest BCUT2D eigenvalue weighted by atomic mass is 9.91. The number of carbonyl (C=O) groups is 3. The number of rotatable bonds is 11. The number of amides is 2. The van der Waals surface area contributed by atoms with Gasteiger partial charge in [0.1, 0.15) is 11.3 Å². The fraction of sp³-hybridized carbons (Fsp3) is 0.353. The van der Waals surface area contributed by atoms with Gasteiger partial charge >= 0.3 is 12.1 Å². The van der Waals surface area contributed by atoms with Gasteiger partial charge < -0.3 is 19.7 Å². The molecule has 230 valence electrons. The summed E-state index contributed by atoms with van der Waals surface area (Å²) in [6.45, 7) is 5.97. The molecule has 1 aromatic heterocycles. The summed E-state index contributed by atoms with van der Waals surface area (Å²) in [6.07, 6.45) is 4.46. The highest BCUT2D eigenvalue weighted by Gasteiger charge is 2.46. The first-order valence-corrected chi connectivity index (χ1v) is 16.7. The van der Waals surface area contributed by atoms with Crippen molar-refractivity contribution in [3.63, 3.8) is 0 Å². The van der Waals surface area contributed by atoms with Crippen molar-refractivity contribution in [3.8, 4) is 0 Å². The highest BCUT2D eigenvalue weighted by Crippen LogP contribution is 2.45. The van der Waals surface area contributed by atoms with Crippen molar-refractivity contribution in [1.82, 2.24) is 15.2 Å². The third-order valence-electron chi connectivity index (χ3n) is 7.14. The van der Waals surface area contributed by atoms with Gasteiger partial charge in [-0.15, -0.1) is 0 Å². The minimum absolute atomic E-state index is 0.0197. The van der Waals surface area contributed by atoms with Crippen LogP contribution in [0.4, 0.5) is 4.79 Å². The van der Waals surface area contributed by atoms with Crippen molar-refractivity contribution >= 4 is 41.5 Å². The van der Waals surface area contributed by atoms with Crippen molar-refractivity contribution < 1.29 is 23.9 Å². The Morgan fingerprint density at radius 2 is 1.73 bits per heavy atom. The molecule has 10 heteroatoms. The van der Waals surface area contributed by atoms with Crippen LogP contribution in [0.3, 0.4) is 0 Å². The largest absolute Gasteiger partial charge is 0.448 e. The first-order valence-electron chi connectivity index (χ1n) is 14.7. The Morgan fingerprint density at radius 3 is 2.36 bits per heavy atom. The average molecular weight is 632 g/mol. The second-order valence-electron chi connectivity index (χ2n) is 11.6. The molecule has 2 aromatic carbocycles. The van der Waals surface area contributed by atoms with Crippen LogP contribution in [0.15, 0.2) is 94.6 Å². The Labute approximate surface area is 267 Å². The van der Waals surface area contributed by atoms with Gasteiger partial charge in [0.25, 0.3) is 0 Å². The lowest BCUT2D eigenvalue weighted by Gasteiger charge is -2.45. The van der Waals surface area contributed by atoms with Gasteiger partial charge in [-0.1, -0.05) is 72.4 Å². The van der Waals surface area contributed by atoms with Gasteiger partial charge in [-0.25, -0.2) is 9.59 Å². The van der Waals surface area contributed by atoms with E-state index in [2.05, 4.69) is 10.3 Å². The lowest BCUT2D eigenvalue weighted by molar-refractivity contribution is -0.154. The van der Waals surface area contributed by atoms with Crippen LogP contribution in [0.25, 0.3) is 0 Å². The number of esters is 1. The van der Waals surface area contributed by atoms with Gasteiger partial charge in [0.15, 0.2) is 6.10 Å². The number of thioether (sulfide) groups is 2. The Morgan fingerprint density at radius 1 is 1.05 bits per heavy atom. The van der Waals surface area contributed by atoms with Gasteiger partial charge in [-0.3, -0.25) is 9.78 Å². The van der Waals surface area contributed by atoms with Gasteiger partial charge in [0, 0.05) is 52.7 Å². The summed E-state index contributed by atoms with van der Waals surface area (Å²) in [4.78, 5) is 46.5.